The van der Waals surface area contributed by atoms with Crippen LogP contribution in [0.1, 0.15) is 31.7 Å². The molecule has 0 unspecified atom stereocenters. The molecule has 1 rings (SSSR count). The van der Waals surface area contributed by atoms with Gasteiger partial charge in [-0.3, -0.25) is 9.59 Å². The van der Waals surface area contributed by atoms with E-state index >= 15 is 0 Å². The number of nitrogens with zero attached hydrogens (tertiary/aromatic N) is 2. The quantitative estimate of drug-likeness (QED) is 0.572. The molecule has 0 fully saturated rings. The Morgan fingerprint density at radius 2 is 1.84 bits per heavy atom. The van der Waals surface area contributed by atoms with E-state index < -0.39 is 0 Å². The van der Waals surface area contributed by atoms with Crippen LogP contribution in [0.2, 0.25) is 10.3 Å². The van der Waals surface area contributed by atoms with Crippen LogP contribution in [-0.4, -0.2) is 28.3 Å². The summed E-state index contributed by atoms with van der Waals surface area (Å²) in [4.78, 5) is 30.4. The van der Waals surface area contributed by atoms with Gasteiger partial charge in [-0.2, -0.15) is 0 Å². The van der Waals surface area contributed by atoms with Gasteiger partial charge in [0.15, 0.2) is 0 Å². The molecule has 0 bridgehead atoms. The number of rotatable bonds is 7. The Bertz CT molecular complexity index is 446. The number of halogens is 2. The summed E-state index contributed by atoms with van der Waals surface area (Å²) in [6, 6.07) is 0. The average Bonchev–Trinajstić information content (AvgIpc) is 2.34. The molecule has 0 saturated carbocycles. The molecule has 7 heteroatoms. The number of hydrogen-bond acceptors (Lipinski definition) is 5. The largest absolute Gasteiger partial charge is 0.466 e. The van der Waals surface area contributed by atoms with Crippen LogP contribution in [0.5, 0.6) is 0 Å². The molecule has 0 amide bonds. The Hall–Kier alpha value is -1.20. The van der Waals surface area contributed by atoms with E-state index in [0.29, 0.717) is 18.6 Å². The van der Waals surface area contributed by atoms with Crippen LogP contribution >= 0.6 is 23.2 Å². The van der Waals surface area contributed by atoms with Crippen LogP contribution in [0.15, 0.2) is 6.33 Å². The number of Topliss-reactive ketones (excluding diaryl/α,β-unsaturated/α-hetero) is 1. The number of ketones is 1. The lowest BCUT2D eigenvalue weighted by Gasteiger charge is -2.04. The van der Waals surface area contributed by atoms with Gasteiger partial charge in [0.1, 0.15) is 22.4 Å². The average molecular weight is 305 g/mol. The lowest BCUT2D eigenvalue weighted by molar-refractivity contribution is -0.143. The summed E-state index contributed by atoms with van der Waals surface area (Å²) in [6.45, 7) is 2.09. The highest BCUT2D eigenvalue weighted by Crippen LogP contribution is 2.21. The lowest BCUT2D eigenvalue weighted by Crippen LogP contribution is -2.08. The summed E-state index contributed by atoms with van der Waals surface area (Å²) in [6.07, 6.45) is 2.24. The van der Waals surface area contributed by atoms with E-state index in [1.807, 2.05) is 0 Å². The topological polar surface area (TPSA) is 69.2 Å². The van der Waals surface area contributed by atoms with Gasteiger partial charge in [0.25, 0.3) is 0 Å². The molecular weight excluding hydrogens is 291 g/mol. The van der Waals surface area contributed by atoms with Gasteiger partial charge in [-0.15, -0.1) is 0 Å². The number of carbonyl (C=O) groups is 2. The van der Waals surface area contributed by atoms with Crippen molar-refractivity contribution in [3.05, 3.63) is 22.2 Å². The number of aromatic nitrogens is 2. The second-order valence-corrected chi connectivity index (χ2v) is 4.52. The van der Waals surface area contributed by atoms with E-state index in [2.05, 4.69) is 9.97 Å². The molecule has 0 spiro atoms. The maximum atomic E-state index is 11.7. The van der Waals surface area contributed by atoms with Crippen LogP contribution in [0, 0.1) is 0 Å². The summed E-state index contributed by atoms with van der Waals surface area (Å²) < 4.78 is 4.77. The molecule has 0 N–H and O–H groups in total. The molecule has 0 aliphatic heterocycles. The van der Waals surface area contributed by atoms with Crippen LogP contribution < -0.4 is 0 Å². The minimum atomic E-state index is -0.297. The smallest absolute Gasteiger partial charge is 0.305 e. The van der Waals surface area contributed by atoms with Crippen molar-refractivity contribution >= 4 is 35.0 Å². The second kappa shape index (κ2) is 8.07. The molecule has 0 aliphatic rings. The van der Waals surface area contributed by atoms with Crippen LogP contribution in [0.3, 0.4) is 0 Å². The van der Waals surface area contributed by atoms with E-state index in [1.54, 1.807) is 6.92 Å². The highest BCUT2D eigenvalue weighted by atomic mass is 35.5. The fourth-order valence-corrected chi connectivity index (χ4v) is 1.91. The second-order valence-electron chi connectivity index (χ2n) is 3.81. The fraction of sp³-hybridized carbons (Fsp3) is 0.500. The van der Waals surface area contributed by atoms with Crippen molar-refractivity contribution in [2.45, 2.75) is 32.6 Å². The van der Waals surface area contributed by atoms with E-state index in [1.165, 1.54) is 6.33 Å². The number of ether oxygens (including phenoxy) is 1. The summed E-state index contributed by atoms with van der Waals surface area (Å²) in [5.74, 6) is -0.364. The van der Waals surface area contributed by atoms with Gasteiger partial charge in [-0.1, -0.05) is 23.2 Å². The maximum absolute atomic E-state index is 11.7. The predicted octanol–water partition coefficient (Wildman–Crippen LogP) is 2.63. The Morgan fingerprint density at radius 1 is 1.21 bits per heavy atom. The zero-order chi connectivity index (χ0) is 14.3. The summed E-state index contributed by atoms with van der Waals surface area (Å²) in [7, 11) is 0. The zero-order valence-electron chi connectivity index (χ0n) is 10.5. The lowest BCUT2D eigenvalue weighted by atomic mass is 10.1. The maximum Gasteiger partial charge on any atom is 0.305 e. The fourth-order valence-electron chi connectivity index (χ4n) is 1.47. The molecular formula is C12H14Cl2N2O3. The molecule has 1 aromatic heterocycles. The highest BCUT2D eigenvalue weighted by molar-refractivity contribution is 6.34. The molecule has 0 saturated heterocycles. The van der Waals surface area contributed by atoms with Crippen LogP contribution in [0.25, 0.3) is 0 Å². The van der Waals surface area contributed by atoms with Crippen molar-refractivity contribution in [2.75, 3.05) is 6.61 Å². The van der Waals surface area contributed by atoms with Crippen molar-refractivity contribution in [2.24, 2.45) is 0 Å². The molecule has 1 heterocycles. The standard InChI is InChI=1S/C12H14Cl2N2O3/c1-2-19-10(18)5-3-4-8(17)6-9-11(13)15-7-16-12(9)14/h7H,2-6H2,1H3. The zero-order valence-corrected chi connectivity index (χ0v) is 12.0. The first-order chi connectivity index (χ1) is 9.04. The first-order valence-electron chi connectivity index (χ1n) is 5.86. The van der Waals surface area contributed by atoms with E-state index in [9.17, 15) is 9.59 Å². The van der Waals surface area contributed by atoms with Crippen molar-refractivity contribution in [3.8, 4) is 0 Å². The van der Waals surface area contributed by atoms with Crippen molar-refractivity contribution < 1.29 is 14.3 Å². The van der Waals surface area contributed by atoms with Gasteiger partial charge >= 0.3 is 5.97 Å². The van der Waals surface area contributed by atoms with E-state index in [-0.39, 0.29) is 41.3 Å². The van der Waals surface area contributed by atoms with Crippen molar-refractivity contribution in [3.63, 3.8) is 0 Å². The van der Waals surface area contributed by atoms with Gasteiger partial charge in [-0.05, 0) is 13.3 Å². The van der Waals surface area contributed by atoms with Crippen LogP contribution in [-0.2, 0) is 20.7 Å². The molecule has 0 atom stereocenters. The van der Waals surface area contributed by atoms with Crippen molar-refractivity contribution in [1.82, 2.24) is 9.97 Å². The van der Waals surface area contributed by atoms with E-state index in [0.717, 1.165) is 0 Å². The normalized spacial score (nSPS) is 10.3. The third-order valence-corrected chi connectivity index (χ3v) is 3.01. The third kappa shape index (κ3) is 5.53. The number of esters is 1. The molecule has 1 aromatic rings. The van der Waals surface area contributed by atoms with Gasteiger partial charge in [0.05, 0.1) is 6.61 Å². The SMILES string of the molecule is CCOC(=O)CCCC(=O)Cc1c(Cl)ncnc1Cl. The number of hydrogen-bond donors (Lipinski definition) is 0. The summed E-state index contributed by atoms with van der Waals surface area (Å²) in [5, 5.41) is 0.359. The Balaban J connectivity index is 2.41. The molecule has 0 radical (unpaired) electrons. The molecule has 5 nitrogen and oxygen atoms in total. The molecule has 104 valence electrons. The van der Waals surface area contributed by atoms with Gasteiger partial charge < -0.3 is 4.74 Å². The highest BCUT2D eigenvalue weighted by Gasteiger charge is 2.13. The summed E-state index contributed by atoms with van der Waals surface area (Å²) >= 11 is 11.7. The summed E-state index contributed by atoms with van der Waals surface area (Å²) in [5.41, 5.74) is 0.423. The molecule has 19 heavy (non-hydrogen) atoms. The Labute approximate surface area is 121 Å². The first kappa shape index (κ1) is 15.9. The van der Waals surface area contributed by atoms with Gasteiger partial charge in [-0.25, -0.2) is 9.97 Å². The van der Waals surface area contributed by atoms with Crippen LogP contribution in [0.4, 0.5) is 0 Å². The monoisotopic (exact) mass is 304 g/mol. The third-order valence-electron chi connectivity index (χ3n) is 2.36. The number of carbonyl (C=O) groups excluding carboxylic acids is 2. The molecule has 0 aliphatic carbocycles. The van der Waals surface area contributed by atoms with Gasteiger partial charge in [0.2, 0.25) is 0 Å². The van der Waals surface area contributed by atoms with E-state index in [4.69, 9.17) is 27.9 Å². The molecule has 0 aromatic carbocycles. The predicted molar refractivity (Wildman–Crippen MR) is 71.2 cm³/mol. The minimum Gasteiger partial charge on any atom is -0.466 e. The van der Waals surface area contributed by atoms with Crippen molar-refractivity contribution in [1.29, 1.82) is 0 Å². The van der Waals surface area contributed by atoms with Gasteiger partial charge in [0, 0.05) is 24.8 Å². The minimum absolute atomic E-state index is 0.0668. The Morgan fingerprint density at radius 3 is 2.42 bits per heavy atom. The first-order valence-corrected chi connectivity index (χ1v) is 6.62. The Kier molecular flexibility index (Phi) is 6.73.